The van der Waals surface area contributed by atoms with E-state index in [4.69, 9.17) is 9.47 Å². The fraction of sp³-hybridized carbons (Fsp3) is 0.222. The third kappa shape index (κ3) is 5.73. The predicted octanol–water partition coefficient (Wildman–Crippen LogP) is 3.64. The predicted molar refractivity (Wildman–Crippen MR) is 94.3 cm³/mol. The molecule has 0 bridgehead atoms. The van der Waals surface area contributed by atoms with Gasteiger partial charge in [0.2, 0.25) is 0 Å². The van der Waals surface area contributed by atoms with Crippen LogP contribution in [0, 0.1) is 11.6 Å². The lowest BCUT2D eigenvalue weighted by molar-refractivity contribution is -0.150. The number of anilines is 1. The van der Waals surface area contributed by atoms with Crippen molar-refractivity contribution in [3.63, 3.8) is 0 Å². The Bertz CT molecular complexity index is 801. The summed E-state index contributed by atoms with van der Waals surface area (Å²) in [5.74, 6) is -2.15. The number of rotatable bonds is 7. The first-order valence-corrected chi connectivity index (χ1v) is 8.60. The number of hydrogen-bond acceptors (Lipinski definition) is 5. The zero-order valence-corrected chi connectivity index (χ0v) is 14.9. The molecule has 0 aliphatic heterocycles. The average molecular weight is 381 g/mol. The van der Waals surface area contributed by atoms with Gasteiger partial charge in [0, 0.05) is 16.6 Å². The van der Waals surface area contributed by atoms with Crippen molar-refractivity contribution in [1.82, 2.24) is 0 Å². The number of carbonyl (C=O) groups is 2. The standard InChI is InChI=1S/C18H17F2NO4S/c1-11(18(23)21-13-4-3-5-14(9-13)24-2)25-17(22)10-26-16-8-12(19)6-7-15(16)20/h3-9,11H,10H2,1-2H3,(H,21,23)/t11-/m1/s1. The van der Waals surface area contributed by atoms with Gasteiger partial charge in [0.25, 0.3) is 5.91 Å². The lowest BCUT2D eigenvalue weighted by Crippen LogP contribution is -2.30. The molecule has 2 aromatic rings. The van der Waals surface area contributed by atoms with Crippen molar-refractivity contribution in [2.75, 3.05) is 18.2 Å². The minimum absolute atomic E-state index is 0.00423. The van der Waals surface area contributed by atoms with Gasteiger partial charge < -0.3 is 14.8 Å². The van der Waals surface area contributed by atoms with Gasteiger partial charge >= 0.3 is 5.97 Å². The number of methoxy groups -OCH3 is 1. The summed E-state index contributed by atoms with van der Waals surface area (Å²) in [6, 6.07) is 9.67. The van der Waals surface area contributed by atoms with Gasteiger partial charge in [0.05, 0.1) is 12.9 Å². The lowest BCUT2D eigenvalue weighted by atomic mass is 10.3. The third-order valence-corrected chi connectivity index (χ3v) is 4.26. The Balaban J connectivity index is 1.85. The first kappa shape index (κ1) is 19.7. The number of halogens is 2. The topological polar surface area (TPSA) is 64.6 Å². The minimum Gasteiger partial charge on any atom is -0.497 e. The van der Waals surface area contributed by atoms with E-state index in [0.29, 0.717) is 11.4 Å². The van der Waals surface area contributed by atoms with Gasteiger partial charge in [-0.2, -0.15) is 0 Å². The highest BCUT2D eigenvalue weighted by atomic mass is 32.2. The normalized spacial score (nSPS) is 11.5. The van der Waals surface area contributed by atoms with Crippen LogP contribution >= 0.6 is 11.8 Å². The summed E-state index contributed by atoms with van der Waals surface area (Å²) in [6.07, 6.45) is -1.05. The Hall–Kier alpha value is -2.61. The molecule has 0 saturated carbocycles. The zero-order valence-electron chi connectivity index (χ0n) is 14.1. The molecular weight excluding hydrogens is 364 g/mol. The molecular formula is C18H17F2NO4S. The summed E-state index contributed by atoms with van der Waals surface area (Å²) in [7, 11) is 1.50. The summed E-state index contributed by atoms with van der Waals surface area (Å²) in [5.41, 5.74) is 0.494. The molecule has 138 valence electrons. The molecule has 0 fully saturated rings. The van der Waals surface area contributed by atoms with Crippen molar-refractivity contribution in [3.05, 3.63) is 54.1 Å². The van der Waals surface area contributed by atoms with Crippen LogP contribution in [0.4, 0.5) is 14.5 Å². The van der Waals surface area contributed by atoms with Gasteiger partial charge in [-0.15, -0.1) is 11.8 Å². The number of amides is 1. The lowest BCUT2D eigenvalue weighted by Gasteiger charge is -2.14. The highest BCUT2D eigenvalue weighted by molar-refractivity contribution is 8.00. The molecule has 0 unspecified atom stereocenters. The molecule has 26 heavy (non-hydrogen) atoms. The Kier molecular flexibility index (Phi) is 6.97. The number of ether oxygens (including phenoxy) is 2. The Morgan fingerprint density at radius 1 is 1.19 bits per heavy atom. The fourth-order valence-electron chi connectivity index (χ4n) is 1.95. The van der Waals surface area contributed by atoms with E-state index in [1.54, 1.807) is 24.3 Å². The van der Waals surface area contributed by atoms with Crippen LogP contribution in [-0.2, 0) is 14.3 Å². The van der Waals surface area contributed by atoms with E-state index in [2.05, 4.69) is 5.32 Å². The summed E-state index contributed by atoms with van der Waals surface area (Å²) >= 11 is 0.794. The molecule has 8 heteroatoms. The van der Waals surface area contributed by atoms with Crippen LogP contribution in [0.15, 0.2) is 47.4 Å². The maximum atomic E-state index is 13.5. The molecule has 0 aliphatic carbocycles. The number of benzene rings is 2. The quantitative estimate of drug-likeness (QED) is 0.586. The van der Waals surface area contributed by atoms with E-state index in [1.807, 2.05) is 0 Å². The van der Waals surface area contributed by atoms with E-state index in [0.717, 1.165) is 30.0 Å². The molecule has 5 nitrogen and oxygen atoms in total. The van der Waals surface area contributed by atoms with Crippen LogP contribution in [0.3, 0.4) is 0 Å². The second-order valence-corrected chi connectivity index (χ2v) is 6.23. The van der Waals surface area contributed by atoms with Crippen LogP contribution in [0.25, 0.3) is 0 Å². The maximum absolute atomic E-state index is 13.5. The maximum Gasteiger partial charge on any atom is 0.317 e. The van der Waals surface area contributed by atoms with Crippen molar-refractivity contribution in [2.24, 2.45) is 0 Å². The molecule has 0 aliphatic rings. The molecule has 0 heterocycles. The van der Waals surface area contributed by atoms with Crippen LogP contribution < -0.4 is 10.1 Å². The largest absolute Gasteiger partial charge is 0.497 e. The minimum atomic E-state index is -1.05. The van der Waals surface area contributed by atoms with E-state index in [-0.39, 0.29) is 10.6 Å². The fourth-order valence-corrected chi connectivity index (χ4v) is 2.70. The summed E-state index contributed by atoms with van der Waals surface area (Å²) in [5, 5.41) is 2.60. The molecule has 0 radical (unpaired) electrons. The monoisotopic (exact) mass is 381 g/mol. The van der Waals surface area contributed by atoms with E-state index in [1.165, 1.54) is 14.0 Å². The van der Waals surface area contributed by atoms with Crippen molar-refractivity contribution < 1.29 is 27.8 Å². The summed E-state index contributed by atoms with van der Waals surface area (Å²) < 4.78 is 36.7. The van der Waals surface area contributed by atoms with Gasteiger partial charge in [0.15, 0.2) is 6.10 Å². The summed E-state index contributed by atoms with van der Waals surface area (Å²) in [6.45, 7) is 1.42. The first-order chi connectivity index (χ1) is 12.4. The van der Waals surface area contributed by atoms with Crippen LogP contribution in [0.2, 0.25) is 0 Å². The Morgan fingerprint density at radius 2 is 1.96 bits per heavy atom. The van der Waals surface area contributed by atoms with Crippen LogP contribution in [0.1, 0.15) is 6.92 Å². The summed E-state index contributed by atoms with van der Waals surface area (Å²) in [4.78, 5) is 23.9. The van der Waals surface area contributed by atoms with Crippen LogP contribution in [-0.4, -0.2) is 30.8 Å². The molecule has 1 amide bonds. The highest BCUT2D eigenvalue weighted by Crippen LogP contribution is 2.23. The first-order valence-electron chi connectivity index (χ1n) is 7.61. The molecule has 1 atom stereocenters. The van der Waals surface area contributed by atoms with Crippen molar-refractivity contribution >= 4 is 29.3 Å². The van der Waals surface area contributed by atoms with Crippen molar-refractivity contribution in [3.8, 4) is 5.75 Å². The van der Waals surface area contributed by atoms with Crippen molar-refractivity contribution in [2.45, 2.75) is 17.9 Å². The smallest absolute Gasteiger partial charge is 0.317 e. The number of esters is 1. The number of thioether (sulfide) groups is 1. The SMILES string of the molecule is COc1cccc(NC(=O)[C@@H](C)OC(=O)CSc2cc(F)ccc2F)c1. The molecule has 0 aromatic heterocycles. The molecule has 0 spiro atoms. The number of carbonyl (C=O) groups excluding carboxylic acids is 2. The van der Waals surface area contributed by atoms with Gasteiger partial charge in [-0.25, -0.2) is 8.78 Å². The Morgan fingerprint density at radius 3 is 2.69 bits per heavy atom. The van der Waals surface area contributed by atoms with Gasteiger partial charge in [-0.05, 0) is 37.3 Å². The zero-order chi connectivity index (χ0) is 19.1. The van der Waals surface area contributed by atoms with E-state index >= 15 is 0 Å². The molecule has 0 saturated heterocycles. The van der Waals surface area contributed by atoms with E-state index in [9.17, 15) is 18.4 Å². The van der Waals surface area contributed by atoms with Crippen LogP contribution in [0.5, 0.6) is 5.75 Å². The highest BCUT2D eigenvalue weighted by Gasteiger charge is 2.19. The molecule has 1 N–H and O–H groups in total. The van der Waals surface area contributed by atoms with Gasteiger partial charge in [-0.3, -0.25) is 9.59 Å². The van der Waals surface area contributed by atoms with Crippen molar-refractivity contribution in [1.29, 1.82) is 0 Å². The van der Waals surface area contributed by atoms with Gasteiger partial charge in [-0.1, -0.05) is 6.07 Å². The second kappa shape index (κ2) is 9.19. The molecule has 2 aromatic carbocycles. The van der Waals surface area contributed by atoms with E-state index < -0.39 is 29.6 Å². The number of nitrogens with one attached hydrogen (secondary N) is 1. The third-order valence-electron chi connectivity index (χ3n) is 3.25. The van der Waals surface area contributed by atoms with Gasteiger partial charge in [0.1, 0.15) is 17.4 Å². The number of hydrogen-bond donors (Lipinski definition) is 1. The Labute approximate surface area is 153 Å². The molecule has 2 rings (SSSR count). The average Bonchev–Trinajstić information content (AvgIpc) is 2.62. The second-order valence-electron chi connectivity index (χ2n) is 5.22.